The number of rotatable bonds is 6. The van der Waals surface area contributed by atoms with Crippen molar-refractivity contribution in [2.24, 2.45) is 0 Å². The first kappa shape index (κ1) is 22.3. The molecule has 4 rings (SSSR count). The van der Waals surface area contributed by atoms with Crippen LogP contribution in [-0.2, 0) is 4.79 Å². The summed E-state index contributed by atoms with van der Waals surface area (Å²) in [7, 11) is 0. The summed E-state index contributed by atoms with van der Waals surface area (Å²) in [6.45, 7) is 6.19. The van der Waals surface area contributed by atoms with Crippen LogP contribution >= 0.6 is 11.6 Å². The molecule has 0 saturated heterocycles. The van der Waals surface area contributed by atoms with Crippen molar-refractivity contribution in [1.29, 1.82) is 0 Å². The molecule has 1 N–H and O–H groups in total. The molecule has 1 heterocycles. The number of likely N-dealkylation sites (N-methyl/N-ethyl adjacent to an activating group) is 1. The molecule has 3 nitrogen and oxygen atoms in total. The van der Waals surface area contributed by atoms with Gasteiger partial charge in [-0.1, -0.05) is 72.3 Å². The normalized spacial score (nSPS) is 14.8. The molecule has 0 bridgehead atoms. The van der Waals surface area contributed by atoms with Crippen molar-refractivity contribution in [3.63, 3.8) is 0 Å². The van der Waals surface area contributed by atoms with E-state index in [4.69, 9.17) is 11.6 Å². The largest absolute Gasteiger partial charge is 0.332 e. The van der Waals surface area contributed by atoms with Gasteiger partial charge in [0.25, 0.3) is 5.91 Å². The molecular weight excluding hydrogens is 416 g/mol. The van der Waals surface area contributed by atoms with Crippen LogP contribution in [0.2, 0.25) is 5.02 Å². The van der Waals surface area contributed by atoms with E-state index in [1.165, 1.54) is 11.1 Å². The summed E-state index contributed by atoms with van der Waals surface area (Å²) >= 11 is 6.21. The predicted octanol–water partition coefficient (Wildman–Crippen LogP) is 6.36. The van der Waals surface area contributed by atoms with Gasteiger partial charge in [-0.3, -0.25) is 4.79 Å². The standard InChI is InChI=1S/C28H29ClN2O/c1-3-31(20(2)22-11-8-14-25(29)18-22)28(32)27-19-30-16-15-26(27)24-13-7-12-23(17-24)21-9-5-4-6-10-21/h4-14,17-18,20,30H,3,15-16,19H2,1-2H3. The number of halogens is 1. The van der Waals surface area contributed by atoms with E-state index in [0.717, 1.165) is 35.2 Å². The zero-order valence-electron chi connectivity index (χ0n) is 18.6. The molecule has 1 unspecified atom stereocenters. The maximum Gasteiger partial charge on any atom is 0.251 e. The molecule has 164 valence electrons. The third-order valence-electron chi connectivity index (χ3n) is 6.19. The molecule has 0 saturated carbocycles. The summed E-state index contributed by atoms with van der Waals surface area (Å²) in [4.78, 5) is 15.7. The lowest BCUT2D eigenvalue weighted by Crippen LogP contribution is -2.39. The third-order valence-corrected chi connectivity index (χ3v) is 6.43. The lowest BCUT2D eigenvalue weighted by Gasteiger charge is -2.32. The van der Waals surface area contributed by atoms with Gasteiger partial charge in [0.05, 0.1) is 6.04 Å². The summed E-state index contributed by atoms with van der Waals surface area (Å²) in [5.74, 6) is 0.0901. The molecule has 4 heteroatoms. The number of amides is 1. The number of nitrogens with one attached hydrogen (secondary N) is 1. The van der Waals surface area contributed by atoms with Gasteiger partial charge in [-0.25, -0.2) is 0 Å². The molecule has 1 aliphatic heterocycles. The Morgan fingerprint density at radius 3 is 2.44 bits per heavy atom. The average molecular weight is 445 g/mol. The summed E-state index contributed by atoms with van der Waals surface area (Å²) in [6, 6.07) is 26.6. The minimum Gasteiger partial charge on any atom is -0.332 e. The molecular formula is C28H29ClN2O. The zero-order chi connectivity index (χ0) is 22.5. The van der Waals surface area contributed by atoms with E-state index >= 15 is 0 Å². The average Bonchev–Trinajstić information content (AvgIpc) is 2.85. The van der Waals surface area contributed by atoms with E-state index in [0.29, 0.717) is 18.1 Å². The van der Waals surface area contributed by atoms with E-state index in [2.05, 4.69) is 60.8 Å². The Morgan fingerprint density at radius 1 is 0.969 bits per heavy atom. The van der Waals surface area contributed by atoms with E-state index in [9.17, 15) is 4.79 Å². The number of carbonyl (C=O) groups excluding carboxylic acids is 1. The fourth-order valence-electron chi connectivity index (χ4n) is 4.44. The van der Waals surface area contributed by atoms with Gasteiger partial charge < -0.3 is 10.2 Å². The summed E-state index contributed by atoms with van der Waals surface area (Å²) in [6.07, 6.45) is 0.836. The molecule has 0 aromatic heterocycles. The number of carbonyl (C=O) groups is 1. The number of hydrogen-bond donors (Lipinski definition) is 1. The molecule has 0 spiro atoms. The van der Waals surface area contributed by atoms with E-state index in [1.807, 2.05) is 42.2 Å². The molecule has 1 aliphatic rings. The van der Waals surface area contributed by atoms with E-state index in [1.54, 1.807) is 0 Å². The summed E-state index contributed by atoms with van der Waals surface area (Å²) in [5.41, 5.74) is 6.52. The van der Waals surface area contributed by atoms with Crippen molar-refractivity contribution in [2.45, 2.75) is 26.3 Å². The number of hydrogen-bond acceptors (Lipinski definition) is 2. The topological polar surface area (TPSA) is 32.3 Å². The monoisotopic (exact) mass is 444 g/mol. The van der Waals surface area contributed by atoms with Gasteiger partial charge in [0.2, 0.25) is 0 Å². The highest BCUT2D eigenvalue weighted by molar-refractivity contribution is 6.30. The van der Waals surface area contributed by atoms with Crippen molar-refractivity contribution in [2.75, 3.05) is 19.6 Å². The van der Waals surface area contributed by atoms with Crippen molar-refractivity contribution in [1.82, 2.24) is 10.2 Å². The number of nitrogens with zero attached hydrogens (tertiary/aromatic N) is 1. The second-order valence-corrected chi connectivity index (χ2v) is 8.59. The Labute approximate surface area is 195 Å². The first-order valence-electron chi connectivity index (χ1n) is 11.2. The first-order valence-corrected chi connectivity index (χ1v) is 11.6. The van der Waals surface area contributed by atoms with Gasteiger partial charge in [0, 0.05) is 23.7 Å². The Bertz CT molecular complexity index is 1120. The molecule has 0 radical (unpaired) electrons. The minimum absolute atomic E-state index is 0.0578. The molecule has 1 amide bonds. The van der Waals surface area contributed by atoms with Gasteiger partial charge >= 0.3 is 0 Å². The van der Waals surface area contributed by atoms with Crippen LogP contribution in [-0.4, -0.2) is 30.4 Å². The zero-order valence-corrected chi connectivity index (χ0v) is 19.4. The Balaban J connectivity index is 1.70. The lowest BCUT2D eigenvalue weighted by molar-refractivity contribution is -0.129. The number of benzene rings is 3. The van der Waals surface area contributed by atoms with Crippen molar-refractivity contribution in [3.8, 4) is 11.1 Å². The highest BCUT2D eigenvalue weighted by Crippen LogP contribution is 2.31. The minimum atomic E-state index is -0.0578. The van der Waals surface area contributed by atoms with Crippen LogP contribution in [0.15, 0.2) is 84.4 Å². The van der Waals surface area contributed by atoms with Crippen LogP contribution in [0.25, 0.3) is 16.7 Å². The molecule has 0 fully saturated rings. The van der Waals surface area contributed by atoms with Gasteiger partial charge in [-0.15, -0.1) is 0 Å². The Kier molecular flexibility index (Phi) is 7.09. The van der Waals surface area contributed by atoms with Gasteiger partial charge in [0.1, 0.15) is 0 Å². The molecule has 3 aromatic rings. The van der Waals surface area contributed by atoms with Crippen LogP contribution in [0.3, 0.4) is 0 Å². The van der Waals surface area contributed by atoms with Crippen molar-refractivity contribution in [3.05, 3.63) is 101 Å². The smallest absolute Gasteiger partial charge is 0.251 e. The predicted molar refractivity (Wildman–Crippen MR) is 134 cm³/mol. The third kappa shape index (κ3) is 4.79. The van der Waals surface area contributed by atoms with Crippen LogP contribution in [0.5, 0.6) is 0 Å². The van der Waals surface area contributed by atoms with Gasteiger partial charge in [-0.05, 0) is 72.8 Å². The first-order chi connectivity index (χ1) is 15.6. The molecule has 32 heavy (non-hydrogen) atoms. The molecule has 0 aliphatic carbocycles. The quantitative estimate of drug-likeness (QED) is 0.479. The maximum atomic E-state index is 13.8. The second-order valence-electron chi connectivity index (χ2n) is 8.15. The summed E-state index contributed by atoms with van der Waals surface area (Å²) < 4.78 is 0. The van der Waals surface area contributed by atoms with Crippen LogP contribution in [0.1, 0.15) is 37.4 Å². The van der Waals surface area contributed by atoms with Crippen molar-refractivity contribution >= 4 is 23.1 Å². The Morgan fingerprint density at radius 2 is 1.69 bits per heavy atom. The van der Waals surface area contributed by atoms with Crippen molar-refractivity contribution < 1.29 is 4.79 Å². The second kappa shape index (κ2) is 10.2. The fourth-order valence-corrected chi connectivity index (χ4v) is 4.64. The van der Waals surface area contributed by atoms with Gasteiger partial charge in [-0.2, -0.15) is 0 Å². The van der Waals surface area contributed by atoms with E-state index in [-0.39, 0.29) is 11.9 Å². The Hall–Kier alpha value is -2.88. The SMILES string of the molecule is CCN(C(=O)C1=C(c2cccc(-c3ccccc3)c2)CCNC1)C(C)c1cccc(Cl)c1. The summed E-state index contributed by atoms with van der Waals surface area (Å²) in [5, 5.41) is 4.09. The maximum absolute atomic E-state index is 13.8. The van der Waals surface area contributed by atoms with Crippen LogP contribution in [0, 0.1) is 0 Å². The van der Waals surface area contributed by atoms with Crippen LogP contribution in [0.4, 0.5) is 0 Å². The van der Waals surface area contributed by atoms with Crippen LogP contribution < -0.4 is 5.32 Å². The molecule has 1 atom stereocenters. The highest BCUT2D eigenvalue weighted by Gasteiger charge is 2.27. The highest BCUT2D eigenvalue weighted by atomic mass is 35.5. The van der Waals surface area contributed by atoms with E-state index < -0.39 is 0 Å². The lowest BCUT2D eigenvalue weighted by atomic mass is 9.91. The molecule has 3 aromatic carbocycles. The fraction of sp³-hybridized carbons (Fsp3) is 0.250. The van der Waals surface area contributed by atoms with Gasteiger partial charge in [0.15, 0.2) is 0 Å².